The van der Waals surface area contributed by atoms with Crippen molar-refractivity contribution in [3.8, 4) is 5.75 Å². The fourth-order valence-corrected chi connectivity index (χ4v) is 2.46. The first-order valence-corrected chi connectivity index (χ1v) is 7.72. The number of hydrogen-bond acceptors (Lipinski definition) is 6. The molecule has 1 aliphatic heterocycles. The van der Waals surface area contributed by atoms with E-state index in [0.29, 0.717) is 11.4 Å². The predicted molar refractivity (Wildman–Crippen MR) is 89.4 cm³/mol. The molecule has 8 nitrogen and oxygen atoms in total. The zero-order valence-electron chi connectivity index (χ0n) is 14.9. The third-order valence-electron chi connectivity index (χ3n) is 3.56. The van der Waals surface area contributed by atoms with E-state index in [4.69, 9.17) is 14.2 Å². The van der Waals surface area contributed by atoms with Crippen LogP contribution in [0.3, 0.4) is 0 Å². The molecule has 0 bridgehead atoms. The van der Waals surface area contributed by atoms with E-state index in [1.54, 1.807) is 45.0 Å². The van der Waals surface area contributed by atoms with E-state index in [1.807, 2.05) is 0 Å². The third-order valence-corrected chi connectivity index (χ3v) is 3.56. The van der Waals surface area contributed by atoms with Crippen molar-refractivity contribution in [2.24, 2.45) is 0 Å². The summed E-state index contributed by atoms with van der Waals surface area (Å²) in [6.45, 7) is 5.11. The van der Waals surface area contributed by atoms with Crippen molar-refractivity contribution in [3.05, 3.63) is 24.3 Å². The van der Waals surface area contributed by atoms with Crippen LogP contribution in [0, 0.1) is 0 Å². The molecule has 8 heteroatoms. The molecule has 0 spiro atoms. The molecule has 0 radical (unpaired) electrons. The number of ether oxygens (including phenoxy) is 3. The normalized spacial score (nSPS) is 19.7. The maximum absolute atomic E-state index is 12.5. The Morgan fingerprint density at radius 3 is 2.20 bits per heavy atom. The molecule has 2 rings (SSSR count). The lowest BCUT2D eigenvalue weighted by molar-refractivity contribution is -0.149. The summed E-state index contributed by atoms with van der Waals surface area (Å²) in [7, 11) is 2.75. The van der Waals surface area contributed by atoms with E-state index in [9.17, 15) is 14.4 Å². The summed E-state index contributed by atoms with van der Waals surface area (Å²) in [5.74, 6) is -0.433. The molecule has 0 unspecified atom stereocenters. The summed E-state index contributed by atoms with van der Waals surface area (Å²) >= 11 is 0. The van der Waals surface area contributed by atoms with Crippen LogP contribution in [0.15, 0.2) is 24.3 Å². The topological polar surface area (TPSA) is 94.2 Å². The van der Waals surface area contributed by atoms with Gasteiger partial charge in [-0.2, -0.15) is 0 Å². The summed E-state index contributed by atoms with van der Waals surface area (Å²) in [4.78, 5) is 37.7. The molecule has 136 valence electrons. The molecule has 1 aromatic carbocycles. The van der Waals surface area contributed by atoms with Gasteiger partial charge < -0.3 is 19.5 Å². The molecular formula is C17H22N2O6. The molecule has 1 N–H and O–H groups in total. The number of β-lactam (4-membered cyclic amide) rings is 1. The summed E-state index contributed by atoms with van der Waals surface area (Å²) in [6.07, 6.45) is -0.769. The van der Waals surface area contributed by atoms with Crippen LogP contribution in [-0.2, 0) is 19.1 Å². The lowest BCUT2D eigenvalue weighted by Crippen LogP contribution is -2.74. The Kier molecular flexibility index (Phi) is 5.20. The van der Waals surface area contributed by atoms with Crippen LogP contribution >= 0.6 is 0 Å². The molecule has 2 atom stereocenters. The average Bonchev–Trinajstić information content (AvgIpc) is 2.55. The van der Waals surface area contributed by atoms with Gasteiger partial charge in [-0.3, -0.25) is 9.69 Å². The first-order chi connectivity index (χ1) is 11.7. The fourth-order valence-electron chi connectivity index (χ4n) is 2.46. The second-order valence-electron chi connectivity index (χ2n) is 6.50. The van der Waals surface area contributed by atoms with Crippen LogP contribution in [0.4, 0.5) is 10.5 Å². The first-order valence-electron chi connectivity index (χ1n) is 7.72. The van der Waals surface area contributed by atoms with Crippen LogP contribution in [0.2, 0.25) is 0 Å². The standard InChI is InChI=1S/C17H22N2O6/c1-17(2,3)25-16(22)18-12-13(15(21)24-5)19(14(12)20)10-6-8-11(23-4)9-7-10/h6-9,12-13H,1-5H3,(H,18,22)/t12-,13-/m1/s1. The molecule has 1 aromatic rings. The van der Waals surface area contributed by atoms with E-state index in [0.717, 1.165) is 0 Å². The molecule has 0 saturated carbocycles. The molecule has 1 heterocycles. The number of anilines is 1. The molecule has 0 aromatic heterocycles. The minimum atomic E-state index is -1.04. The monoisotopic (exact) mass is 350 g/mol. The molecule has 25 heavy (non-hydrogen) atoms. The van der Waals surface area contributed by atoms with E-state index in [1.165, 1.54) is 19.1 Å². The number of carbonyl (C=O) groups excluding carboxylic acids is 3. The van der Waals surface area contributed by atoms with Crippen LogP contribution in [0.1, 0.15) is 20.8 Å². The van der Waals surface area contributed by atoms with Crippen LogP contribution < -0.4 is 15.0 Å². The second kappa shape index (κ2) is 7.00. The van der Waals surface area contributed by atoms with Gasteiger partial charge in [-0.1, -0.05) is 0 Å². The predicted octanol–water partition coefficient (Wildman–Crippen LogP) is 1.48. The quantitative estimate of drug-likeness (QED) is 0.653. The van der Waals surface area contributed by atoms with Crippen LogP contribution in [0.5, 0.6) is 5.75 Å². The number of hydrogen-bond donors (Lipinski definition) is 1. The molecular weight excluding hydrogens is 328 g/mol. The highest BCUT2D eigenvalue weighted by Crippen LogP contribution is 2.30. The Morgan fingerprint density at radius 2 is 1.72 bits per heavy atom. The maximum atomic E-state index is 12.5. The van der Waals surface area contributed by atoms with Crippen molar-refractivity contribution < 1.29 is 28.6 Å². The summed E-state index contributed by atoms with van der Waals surface area (Å²) < 4.78 is 15.0. The number of amides is 2. The minimum absolute atomic E-state index is 0.425. The van der Waals surface area contributed by atoms with Gasteiger partial charge in [0, 0.05) is 5.69 Å². The van der Waals surface area contributed by atoms with Crippen molar-refractivity contribution >= 4 is 23.7 Å². The van der Waals surface area contributed by atoms with Gasteiger partial charge >= 0.3 is 12.1 Å². The smallest absolute Gasteiger partial charge is 0.408 e. The number of benzene rings is 1. The van der Waals surface area contributed by atoms with Gasteiger partial charge in [-0.25, -0.2) is 9.59 Å². The van der Waals surface area contributed by atoms with Gasteiger partial charge in [-0.05, 0) is 45.0 Å². The van der Waals surface area contributed by atoms with E-state index >= 15 is 0 Å². The van der Waals surface area contributed by atoms with Crippen molar-refractivity contribution in [1.82, 2.24) is 5.32 Å². The molecule has 1 aliphatic rings. The number of nitrogens with zero attached hydrogens (tertiary/aromatic N) is 1. The number of nitrogens with one attached hydrogen (secondary N) is 1. The highest BCUT2D eigenvalue weighted by Gasteiger charge is 2.54. The zero-order chi connectivity index (χ0) is 18.8. The van der Waals surface area contributed by atoms with Crippen molar-refractivity contribution in [2.75, 3.05) is 19.1 Å². The van der Waals surface area contributed by atoms with Crippen molar-refractivity contribution in [2.45, 2.75) is 38.5 Å². The summed E-state index contributed by atoms with van der Waals surface area (Å²) in [5.41, 5.74) is -0.212. The summed E-state index contributed by atoms with van der Waals surface area (Å²) in [6, 6.07) is 4.65. The number of rotatable bonds is 4. The average molecular weight is 350 g/mol. The second-order valence-corrected chi connectivity index (χ2v) is 6.50. The van der Waals surface area contributed by atoms with Gasteiger partial charge in [0.25, 0.3) is 5.91 Å². The van der Waals surface area contributed by atoms with Gasteiger partial charge in [-0.15, -0.1) is 0 Å². The number of alkyl carbamates (subject to hydrolysis) is 1. The SMILES string of the molecule is COC(=O)[C@H]1[C@@H](NC(=O)OC(C)(C)C)C(=O)N1c1ccc(OC)cc1. The largest absolute Gasteiger partial charge is 0.497 e. The molecule has 2 amide bonds. The van der Waals surface area contributed by atoms with Crippen molar-refractivity contribution in [3.63, 3.8) is 0 Å². The first kappa shape index (κ1) is 18.6. The van der Waals surface area contributed by atoms with Crippen LogP contribution in [-0.4, -0.2) is 49.9 Å². The van der Waals surface area contributed by atoms with Gasteiger partial charge in [0.1, 0.15) is 17.4 Å². The van der Waals surface area contributed by atoms with Crippen molar-refractivity contribution in [1.29, 1.82) is 0 Å². The summed E-state index contributed by atoms with van der Waals surface area (Å²) in [5, 5.41) is 2.43. The highest BCUT2D eigenvalue weighted by molar-refractivity contribution is 6.14. The number of esters is 1. The molecule has 1 saturated heterocycles. The highest BCUT2D eigenvalue weighted by atomic mass is 16.6. The van der Waals surface area contributed by atoms with E-state index in [-0.39, 0.29) is 0 Å². The fraction of sp³-hybridized carbons (Fsp3) is 0.471. The lowest BCUT2D eigenvalue weighted by Gasteiger charge is -2.45. The number of methoxy groups -OCH3 is 2. The Morgan fingerprint density at radius 1 is 1.12 bits per heavy atom. The Balaban J connectivity index is 2.18. The molecule has 0 aliphatic carbocycles. The minimum Gasteiger partial charge on any atom is -0.497 e. The number of carbonyl (C=O) groups is 3. The van der Waals surface area contributed by atoms with Gasteiger partial charge in [0.2, 0.25) is 0 Å². The Labute approximate surface area is 146 Å². The third kappa shape index (κ3) is 4.01. The molecule has 1 fully saturated rings. The van der Waals surface area contributed by atoms with Crippen LogP contribution in [0.25, 0.3) is 0 Å². The Bertz CT molecular complexity index is 665. The lowest BCUT2D eigenvalue weighted by atomic mass is 9.94. The Hall–Kier alpha value is -2.77. The van der Waals surface area contributed by atoms with E-state index < -0.39 is 35.7 Å². The maximum Gasteiger partial charge on any atom is 0.408 e. The zero-order valence-corrected chi connectivity index (χ0v) is 14.9. The van der Waals surface area contributed by atoms with E-state index in [2.05, 4.69) is 5.32 Å². The van der Waals surface area contributed by atoms with Gasteiger partial charge in [0.05, 0.1) is 14.2 Å². The van der Waals surface area contributed by atoms with Gasteiger partial charge in [0.15, 0.2) is 6.04 Å².